The van der Waals surface area contributed by atoms with Crippen LogP contribution in [0.25, 0.3) is 0 Å². The van der Waals surface area contributed by atoms with Gasteiger partial charge in [0.25, 0.3) is 0 Å². The van der Waals surface area contributed by atoms with E-state index in [4.69, 9.17) is 0 Å². The standard InChI is InChI=1S/C17H24N2O2S/c20-17(21)14-8-4-5-9-15(14)18-10-13-11-19-16(22-13)12-6-2-1-3-7-12/h4-5,11-12,14-15,18H,1-3,6-10H2,(H,20,21)/t14-,15+/m1/s1. The lowest BCUT2D eigenvalue weighted by Gasteiger charge is -2.26. The molecule has 1 fully saturated rings. The van der Waals surface area contributed by atoms with E-state index in [0.29, 0.717) is 12.3 Å². The molecule has 0 unspecified atom stereocenters. The van der Waals surface area contributed by atoms with E-state index in [1.165, 1.54) is 42.0 Å². The van der Waals surface area contributed by atoms with Crippen molar-refractivity contribution >= 4 is 17.3 Å². The van der Waals surface area contributed by atoms with Crippen molar-refractivity contribution in [3.8, 4) is 0 Å². The van der Waals surface area contributed by atoms with Gasteiger partial charge in [0.15, 0.2) is 0 Å². The number of aliphatic carboxylic acids is 1. The van der Waals surface area contributed by atoms with Crippen molar-refractivity contribution in [3.05, 3.63) is 28.2 Å². The summed E-state index contributed by atoms with van der Waals surface area (Å²) in [5.74, 6) is -0.360. The number of carboxylic acid groups (broad SMARTS) is 1. The first-order valence-electron chi connectivity index (χ1n) is 8.30. The third kappa shape index (κ3) is 3.76. The summed E-state index contributed by atoms with van der Waals surface area (Å²) in [5.41, 5.74) is 0. The molecule has 2 N–H and O–H groups in total. The molecule has 0 amide bonds. The summed E-state index contributed by atoms with van der Waals surface area (Å²) in [6, 6.07) is 0.0303. The Morgan fingerprint density at radius 2 is 2.05 bits per heavy atom. The average molecular weight is 320 g/mol. The molecule has 1 heterocycles. The molecule has 5 heteroatoms. The zero-order valence-corrected chi connectivity index (χ0v) is 13.6. The summed E-state index contributed by atoms with van der Waals surface area (Å²) in [4.78, 5) is 17.1. The van der Waals surface area contributed by atoms with Crippen molar-refractivity contribution in [1.82, 2.24) is 10.3 Å². The number of hydrogen-bond donors (Lipinski definition) is 2. The van der Waals surface area contributed by atoms with Gasteiger partial charge in [0.2, 0.25) is 0 Å². The summed E-state index contributed by atoms with van der Waals surface area (Å²) >= 11 is 1.80. The number of nitrogens with one attached hydrogen (secondary N) is 1. The van der Waals surface area contributed by atoms with Crippen molar-refractivity contribution in [2.75, 3.05) is 0 Å². The molecule has 1 aromatic rings. The first kappa shape index (κ1) is 15.7. The van der Waals surface area contributed by atoms with Crippen LogP contribution in [0.4, 0.5) is 0 Å². The van der Waals surface area contributed by atoms with Crippen LogP contribution in [0, 0.1) is 5.92 Å². The quantitative estimate of drug-likeness (QED) is 0.812. The van der Waals surface area contributed by atoms with Gasteiger partial charge in [-0.2, -0.15) is 0 Å². The van der Waals surface area contributed by atoms with Gasteiger partial charge in [-0.15, -0.1) is 11.3 Å². The highest BCUT2D eigenvalue weighted by atomic mass is 32.1. The minimum atomic E-state index is -0.700. The Hall–Kier alpha value is -1.20. The van der Waals surface area contributed by atoms with Crippen LogP contribution in [0.1, 0.15) is 60.7 Å². The minimum Gasteiger partial charge on any atom is -0.481 e. The van der Waals surface area contributed by atoms with Crippen LogP contribution in [-0.4, -0.2) is 22.1 Å². The Morgan fingerprint density at radius 1 is 1.27 bits per heavy atom. The summed E-state index contributed by atoms with van der Waals surface area (Å²) in [6.07, 6.45) is 14.0. The minimum absolute atomic E-state index is 0.0303. The van der Waals surface area contributed by atoms with E-state index < -0.39 is 5.97 Å². The highest BCUT2D eigenvalue weighted by molar-refractivity contribution is 7.11. The van der Waals surface area contributed by atoms with Crippen LogP contribution in [0.2, 0.25) is 0 Å². The van der Waals surface area contributed by atoms with Gasteiger partial charge in [-0.3, -0.25) is 4.79 Å². The topological polar surface area (TPSA) is 62.2 Å². The highest BCUT2D eigenvalue weighted by Crippen LogP contribution is 2.34. The number of thiazole rings is 1. The summed E-state index contributed by atoms with van der Waals surface area (Å²) in [5, 5.41) is 14.0. The summed E-state index contributed by atoms with van der Waals surface area (Å²) in [6.45, 7) is 0.729. The van der Waals surface area contributed by atoms with Crippen LogP contribution >= 0.6 is 11.3 Å². The Balaban J connectivity index is 1.56. The van der Waals surface area contributed by atoms with Crippen LogP contribution in [0.3, 0.4) is 0 Å². The van der Waals surface area contributed by atoms with Gasteiger partial charge in [-0.25, -0.2) is 4.98 Å². The predicted octanol–water partition coefficient (Wildman–Crippen LogP) is 3.70. The van der Waals surface area contributed by atoms with Crippen molar-refractivity contribution in [3.63, 3.8) is 0 Å². The van der Waals surface area contributed by atoms with Crippen molar-refractivity contribution in [2.45, 2.75) is 63.5 Å². The molecule has 2 aliphatic carbocycles. The molecule has 120 valence electrons. The lowest BCUT2D eigenvalue weighted by Crippen LogP contribution is -2.40. The number of allylic oxidation sites excluding steroid dienone is 1. The van der Waals surface area contributed by atoms with Gasteiger partial charge in [-0.1, -0.05) is 31.4 Å². The highest BCUT2D eigenvalue weighted by Gasteiger charge is 2.28. The van der Waals surface area contributed by atoms with E-state index in [0.717, 1.165) is 13.0 Å². The molecular formula is C17H24N2O2S. The molecule has 0 radical (unpaired) electrons. The number of carboxylic acids is 1. The molecule has 22 heavy (non-hydrogen) atoms. The van der Waals surface area contributed by atoms with Gasteiger partial charge in [-0.05, 0) is 25.7 Å². The number of nitrogens with zero attached hydrogens (tertiary/aromatic N) is 1. The van der Waals surface area contributed by atoms with E-state index in [1.54, 1.807) is 11.3 Å². The van der Waals surface area contributed by atoms with Gasteiger partial charge in [0, 0.05) is 29.6 Å². The van der Waals surface area contributed by atoms with Crippen molar-refractivity contribution < 1.29 is 9.90 Å². The largest absolute Gasteiger partial charge is 0.481 e. The number of rotatable bonds is 5. The molecule has 0 aromatic carbocycles. The molecule has 3 rings (SSSR count). The SMILES string of the molecule is O=C(O)[C@@H]1CC=CC[C@@H]1NCc1cnc(C2CCCCC2)s1. The van der Waals surface area contributed by atoms with Crippen molar-refractivity contribution in [1.29, 1.82) is 0 Å². The second-order valence-corrected chi connectivity index (χ2v) is 7.52. The fraction of sp³-hybridized carbons (Fsp3) is 0.647. The van der Waals surface area contributed by atoms with Gasteiger partial charge in [0.1, 0.15) is 0 Å². The lowest BCUT2D eigenvalue weighted by atomic mass is 9.89. The predicted molar refractivity (Wildman–Crippen MR) is 88.1 cm³/mol. The van der Waals surface area contributed by atoms with Gasteiger partial charge < -0.3 is 10.4 Å². The smallest absolute Gasteiger partial charge is 0.308 e. The maximum Gasteiger partial charge on any atom is 0.308 e. The van der Waals surface area contributed by atoms with E-state index >= 15 is 0 Å². The Labute approximate surface area is 135 Å². The molecule has 2 aliphatic rings. The van der Waals surface area contributed by atoms with Crippen LogP contribution < -0.4 is 5.32 Å². The third-order valence-electron chi connectivity index (χ3n) is 4.81. The molecule has 4 nitrogen and oxygen atoms in total. The molecule has 1 aromatic heterocycles. The van der Waals surface area contributed by atoms with E-state index in [-0.39, 0.29) is 12.0 Å². The lowest BCUT2D eigenvalue weighted by molar-refractivity contribution is -0.142. The summed E-state index contributed by atoms with van der Waals surface area (Å²) in [7, 11) is 0. The zero-order chi connectivity index (χ0) is 15.4. The van der Waals surface area contributed by atoms with Crippen LogP contribution in [0.5, 0.6) is 0 Å². The molecule has 0 aliphatic heterocycles. The molecule has 0 spiro atoms. The average Bonchev–Trinajstić information content (AvgIpc) is 3.03. The Bertz CT molecular complexity index is 535. The number of carbonyl (C=O) groups is 1. The Kier molecular flexibility index (Phi) is 5.26. The molecule has 1 saturated carbocycles. The van der Waals surface area contributed by atoms with E-state index in [9.17, 15) is 9.90 Å². The molecular weight excluding hydrogens is 296 g/mol. The fourth-order valence-corrected chi connectivity index (χ4v) is 4.52. The normalized spacial score (nSPS) is 26.2. The van der Waals surface area contributed by atoms with Crippen molar-refractivity contribution in [2.24, 2.45) is 5.92 Å². The number of hydrogen-bond acceptors (Lipinski definition) is 4. The number of aromatic nitrogens is 1. The first-order valence-corrected chi connectivity index (χ1v) is 9.11. The fourth-order valence-electron chi connectivity index (χ4n) is 3.49. The Morgan fingerprint density at radius 3 is 2.82 bits per heavy atom. The zero-order valence-electron chi connectivity index (χ0n) is 12.8. The molecule has 2 atom stereocenters. The third-order valence-corrected chi connectivity index (χ3v) is 5.97. The van der Waals surface area contributed by atoms with Crippen LogP contribution in [0.15, 0.2) is 18.3 Å². The monoisotopic (exact) mass is 320 g/mol. The van der Waals surface area contributed by atoms with E-state index in [1.807, 2.05) is 12.3 Å². The maximum atomic E-state index is 11.3. The molecule has 0 bridgehead atoms. The van der Waals surface area contributed by atoms with Gasteiger partial charge in [0.05, 0.1) is 10.9 Å². The molecule has 0 saturated heterocycles. The first-order chi connectivity index (χ1) is 10.7. The maximum absolute atomic E-state index is 11.3. The van der Waals surface area contributed by atoms with E-state index in [2.05, 4.69) is 16.4 Å². The summed E-state index contributed by atoms with van der Waals surface area (Å²) < 4.78 is 0. The van der Waals surface area contributed by atoms with Gasteiger partial charge >= 0.3 is 5.97 Å². The second kappa shape index (κ2) is 7.38. The second-order valence-electron chi connectivity index (χ2n) is 6.37. The van der Waals surface area contributed by atoms with Crippen LogP contribution in [-0.2, 0) is 11.3 Å².